The van der Waals surface area contributed by atoms with Gasteiger partial charge < -0.3 is 4.74 Å². The van der Waals surface area contributed by atoms with Crippen molar-refractivity contribution in [2.24, 2.45) is 0 Å². The number of nitrogens with one attached hydrogen (secondary N) is 1. The van der Waals surface area contributed by atoms with E-state index in [0.29, 0.717) is 0 Å². The molecule has 0 aromatic heterocycles. The Morgan fingerprint density at radius 3 is 2.06 bits per heavy atom. The van der Waals surface area contributed by atoms with E-state index in [0.717, 1.165) is 18.6 Å². The van der Waals surface area contributed by atoms with Crippen LogP contribution in [-0.2, 0) is 6.42 Å². The number of ether oxygens (including phenoxy) is 1. The van der Waals surface area contributed by atoms with Gasteiger partial charge in [-0.1, -0.05) is 26.0 Å². The van der Waals surface area contributed by atoms with Gasteiger partial charge in [-0.2, -0.15) is 0 Å². The molecular weight excluding hydrogens is 210 g/mol. The Kier molecular flexibility index (Phi) is 4.58. The van der Waals surface area contributed by atoms with E-state index in [9.17, 15) is 0 Å². The first kappa shape index (κ1) is 14.0. The zero-order valence-corrected chi connectivity index (χ0v) is 12.0. The highest BCUT2D eigenvalue weighted by atomic mass is 16.5. The standard InChI is InChI=1S/C15H25NO/c1-7-13-9-11(3)14(12(4)10-13)17-15(5,8-2)16-6/h9-10,16H,7-8H2,1-6H3. The van der Waals surface area contributed by atoms with Gasteiger partial charge in [0, 0.05) is 0 Å². The molecule has 2 heteroatoms. The van der Waals surface area contributed by atoms with Gasteiger partial charge in [0.25, 0.3) is 0 Å². The van der Waals surface area contributed by atoms with E-state index < -0.39 is 0 Å². The maximum Gasteiger partial charge on any atom is 0.157 e. The van der Waals surface area contributed by atoms with E-state index in [4.69, 9.17) is 4.74 Å². The van der Waals surface area contributed by atoms with Crippen LogP contribution in [0.5, 0.6) is 5.75 Å². The van der Waals surface area contributed by atoms with Crippen LogP contribution in [-0.4, -0.2) is 12.8 Å². The highest BCUT2D eigenvalue weighted by Gasteiger charge is 2.23. The molecule has 1 aromatic rings. The molecule has 0 bridgehead atoms. The maximum absolute atomic E-state index is 6.15. The smallest absolute Gasteiger partial charge is 0.157 e. The third kappa shape index (κ3) is 3.22. The van der Waals surface area contributed by atoms with Gasteiger partial charge in [0.05, 0.1) is 0 Å². The van der Waals surface area contributed by atoms with Gasteiger partial charge in [0.1, 0.15) is 5.75 Å². The number of aryl methyl sites for hydroxylation is 3. The SMILES string of the molecule is CCc1cc(C)c(OC(C)(CC)NC)c(C)c1. The largest absolute Gasteiger partial charge is 0.473 e. The molecule has 0 fully saturated rings. The number of benzene rings is 1. The number of hydrogen-bond donors (Lipinski definition) is 1. The van der Waals surface area contributed by atoms with Gasteiger partial charge in [-0.05, 0) is 57.4 Å². The minimum absolute atomic E-state index is 0.288. The fourth-order valence-corrected chi connectivity index (χ4v) is 1.93. The molecule has 0 saturated heterocycles. The molecule has 0 amide bonds. The van der Waals surface area contributed by atoms with Gasteiger partial charge in [-0.25, -0.2) is 0 Å². The highest BCUT2D eigenvalue weighted by molar-refractivity contribution is 5.43. The summed E-state index contributed by atoms with van der Waals surface area (Å²) in [5, 5.41) is 3.24. The molecule has 1 rings (SSSR count). The van der Waals surface area contributed by atoms with Crippen LogP contribution >= 0.6 is 0 Å². The monoisotopic (exact) mass is 235 g/mol. The minimum Gasteiger partial charge on any atom is -0.473 e. The third-order valence-electron chi connectivity index (χ3n) is 3.46. The van der Waals surface area contributed by atoms with Gasteiger partial charge in [0.2, 0.25) is 0 Å². The lowest BCUT2D eigenvalue weighted by Crippen LogP contribution is -2.45. The predicted octanol–water partition coefficient (Wildman–Crippen LogP) is 3.59. The molecule has 1 atom stereocenters. The van der Waals surface area contributed by atoms with Crippen molar-refractivity contribution in [3.8, 4) is 5.75 Å². The zero-order valence-electron chi connectivity index (χ0n) is 12.0. The Hall–Kier alpha value is -1.02. The van der Waals surface area contributed by atoms with Crippen LogP contribution in [0.15, 0.2) is 12.1 Å². The molecule has 1 N–H and O–H groups in total. The van der Waals surface area contributed by atoms with E-state index in [1.165, 1.54) is 16.7 Å². The summed E-state index contributed by atoms with van der Waals surface area (Å²) in [6, 6.07) is 4.43. The molecule has 0 aliphatic heterocycles. The van der Waals surface area contributed by atoms with E-state index in [2.05, 4.69) is 52.1 Å². The first-order chi connectivity index (χ1) is 7.95. The Morgan fingerprint density at radius 2 is 1.71 bits per heavy atom. The molecule has 2 nitrogen and oxygen atoms in total. The second kappa shape index (κ2) is 5.54. The summed E-state index contributed by atoms with van der Waals surface area (Å²) in [7, 11) is 1.94. The number of rotatable bonds is 5. The van der Waals surface area contributed by atoms with Gasteiger partial charge in [0.15, 0.2) is 5.72 Å². The van der Waals surface area contributed by atoms with E-state index in [1.54, 1.807) is 0 Å². The molecule has 0 saturated carbocycles. The van der Waals surface area contributed by atoms with Crippen LogP contribution in [0.4, 0.5) is 0 Å². The molecule has 96 valence electrons. The van der Waals surface area contributed by atoms with Crippen molar-refractivity contribution in [2.75, 3.05) is 7.05 Å². The Balaban J connectivity index is 3.07. The molecule has 0 spiro atoms. The van der Waals surface area contributed by atoms with Crippen molar-refractivity contribution in [2.45, 2.75) is 53.2 Å². The molecule has 0 heterocycles. The quantitative estimate of drug-likeness (QED) is 0.787. The third-order valence-corrected chi connectivity index (χ3v) is 3.46. The summed E-state index contributed by atoms with van der Waals surface area (Å²) in [6.45, 7) is 10.6. The Labute approximate surface area is 105 Å². The summed E-state index contributed by atoms with van der Waals surface area (Å²) in [6.07, 6.45) is 2.00. The highest BCUT2D eigenvalue weighted by Crippen LogP contribution is 2.28. The topological polar surface area (TPSA) is 21.3 Å². The Bertz CT molecular complexity index is 358. The summed E-state index contributed by atoms with van der Waals surface area (Å²) in [4.78, 5) is 0. The fraction of sp³-hybridized carbons (Fsp3) is 0.600. The lowest BCUT2D eigenvalue weighted by molar-refractivity contribution is 0.0546. The number of hydrogen-bond acceptors (Lipinski definition) is 2. The molecule has 0 radical (unpaired) electrons. The van der Waals surface area contributed by atoms with Crippen LogP contribution in [0, 0.1) is 13.8 Å². The van der Waals surface area contributed by atoms with Crippen LogP contribution in [0.1, 0.15) is 43.9 Å². The van der Waals surface area contributed by atoms with Crippen molar-refractivity contribution in [1.82, 2.24) is 5.32 Å². The van der Waals surface area contributed by atoms with E-state index >= 15 is 0 Å². The molecule has 0 aliphatic carbocycles. The summed E-state index contributed by atoms with van der Waals surface area (Å²) in [5.74, 6) is 1.01. The van der Waals surface area contributed by atoms with Gasteiger partial charge in [-0.15, -0.1) is 0 Å². The lowest BCUT2D eigenvalue weighted by Gasteiger charge is -2.31. The lowest BCUT2D eigenvalue weighted by atomic mass is 10.0. The average Bonchev–Trinajstić information content (AvgIpc) is 2.33. The fourth-order valence-electron chi connectivity index (χ4n) is 1.93. The predicted molar refractivity (Wildman–Crippen MR) is 73.7 cm³/mol. The van der Waals surface area contributed by atoms with Crippen molar-refractivity contribution in [1.29, 1.82) is 0 Å². The van der Waals surface area contributed by atoms with Crippen molar-refractivity contribution in [3.63, 3.8) is 0 Å². The zero-order chi connectivity index (χ0) is 13.1. The van der Waals surface area contributed by atoms with Crippen molar-refractivity contribution in [3.05, 3.63) is 28.8 Å². The molecule has 1 unspecified atom stereocenters. The van der Waals surface area contributed by atoms with Crippen LogP contribution < -0.4 is 10.1 Å². The second-order valence-corrected chi connectivity index (χ2v) is 4.85. The van der Waals surface area contributed by atoms with Crippen molar-refractivity contribution < 1.29 is 4.74 Å². The minimum atomic E-state index is -0.288. The molecular formula is C15H25NO. The molecule has 0 aliphatic rings. The summed E-state index contributed by atoms with van der Waals surface area (Å²) in [5.41, 5.74) is 3.52. The average molecular weight is 235 g/mol. The first-order valence-corrected chi connectivity index (χ1v) is 6.43. The van der Waals surface area contributed by atoms with E-state index in [1.807, 2.05) is 7.05 Å². The molecule has 17 heavy (non-hydrogen) atoms. The van der Waals surface area contributed by atoms with Crippen molar-refractivity contribution >= 4 is 0 Å². The molecule has 1 aromatic carbocycles. The normalized spacial score (nSPS) is 14.5. The maximum atomic E-state index is 6.15. The van der Waals surface area contributed by atoms with Gasteiger partial charge >= 0.3 is 0 Å². The summed E-state index contributed by atoms with van der Waals surface area (Å²) >= 11 is 0. The van der Waals surface area contributed by atoms with Crippen LogP contribution in [0.3, 0.4) is 0 Å². The van der Waals surface area contributed by atoms with Crippen LogP contribution in [0.2, 0.25) is 0 Å². The van der Waals surface area contributed by atoms with Crippen LogP contribution in [0.25, 0.3) is 0 Å². The van der Waals surface area contributed by atoms with E-state index in [-0.39, 0.29) is 5.72 Å². The van der Waals surface area contributed by atoms with Gasteiger partial charge in [-0.3, -0.25) is 5.32 Å². The summed E-state index contributed by atoms with van der Waals surface area (Å²) < 4.78 is 6.15. The first-order valence-electron chi connectivity index (χ1n) is 6.43. The second-order valence-electron chi connectivity index (χ2n) is 4.85. The Morgan fingerprint density at radius 1 is 1.18 bits per heavy atom.